The molecule has 2 saturated carbocycles. The summed E-state index contributed by atoms with van der Waals surface area (Å²) >= 11 is 0. The van der Waals surface area contributed by atoms with Crippen LogP contribution in [0.15, 0.2) is 4.99 Å². The van der Waals surface area contributed by atoms with Crippen LogP contribution >= 0.6 is 0 Å². The summed E-state index contributed by atoms with van der Waals surface area (Å²) in [6.07, 6.45) is 7.99. The van der Waals surface area contributed by atoms with Gasteiger partial charge in [-0.3, -0.25) is 0 Å². The van der Waals surface area contributed by atoms with Gasteiger partial charge in [0, 0.05) is 25.1 Å². The molecule has 4 heteroatoms. The van der Waals surface area contributed by atoms with Crippen LogP contribution in [0, 0.1) is 5.41 Å². The molecule has 2 atom stereocenters. The van der Waals surface area contributed by atoms with Gasteiger partial charge in [0.05, 0.1) is 12.1 Å². The summed E-state index contributed by atoms with van der Waals surface area (Å²) in [5.74, 6) is 0.722. The maximum Gasteiger partial charge on any atom is 0.191 e. The minimum Gasteiger partial charge on any atom is -0.378 e. The van der Waals surface area contributed by atoms with Crippen molar-refractivity contribution in [1.82, 2.24) is 4.90 Å². The molecule has 0 amide bonds. The lowest BCUT2D eigenvalue weighted by atomic mass is 9.55. The van der Waals surface area contributed by atoms with Gasteiger partial charge in [0.15, 0.2) is 5.96 Å². The average molecular weight is 281 g/mol. The van der Waals surface area contributed by atoms with Crippen molar-refractivity contribution >= 4 is 5.96 Å². The van der Waals surface area contributed by atoms with E-state index in [1.165, 1.54) is 32.1 Å². The molecular weight excluding hydrogens is 250 g/mol. The third-order valence-electron chi connectivity index (χ3n) is 5.27. The Kier molecular flexibility index (Phi) is 5.30. The van der Waals surface area contributed by atoms with Crippen molar-refractivity contribution in [1.29, 1.82) is 0 Å². The van der Waals surface area contributed by atoms with E-state index in [1.54, 1.807) is 0 Å². The van der Waals surface area contributed by atoms with Crippen molar-refractivity contribution in [2.75, 3.05) is 19.7 Å². The van der Waals surface area contributed by atoms with Gasteiger partial charge in [0.25, 0.3) is 0 Å². The van der Waals surface area contributed by atoms with Gasteiger partial charge in [-0.15, -0.1) is 0 Å². The highest BCUT2D eigenvalue weighted by molar-refractivity contribution is 5.78. The van der Waals surface area contributed by atoms with Crippen molar-refractivity contribution in [3.8, 4) is 0 Å². The van der Waals surface area contributed by atoms with Crippen LogP contribution in [0.1, 0.15) is 59.3 Å². The highest BCUT2D eigenvalue weighted by Gasteiger charge is 2.55. The average Bonchev–Trinajstić information content (AvgIpc) is 2.48. The zero-order valence-corrected chi connectivity index (χ0v) is 13.4. The molecule has 0 aromatic heterocycles. The molecule has 1 spiro atoms. The minimum atomic E-state index is 0.284. The van der Waals surface area contributed by atoms with Crippen molar-refractivity contribution in [2.24, 2.45) is 16.1 Å². The van der Waals surface area contributed by atoms with Gasteiger partial charge in [0.1, 0.15) is 0 Å². The standard InChI is InChI=1S/C16H31N3O/c1-4-19(5-2)15(17)18-13-12-14(20-6-3)16(13)10-8-7-9-11-16/h13-14H,4-12H2,1-3H3,(H2,17,18). The van der Waals surface area contributed by atoms with E-state index in [2.05, 4.69) is 25.7 Å². The zero-order valence-electron chi connectivity index (χ0n) is 13.4. The predicted octanol–water partition coefficient (Wildman–Crippen LogP) is 2.77. The predicted molar refractivity (Wildman–Crippen MR) is 83.9 cm³/mol. The van der Waals surface area contributed by atoms with E-state index in [1.807, 2.05) is 0 Å². The molecule has 2 N–H and O–H groups in total. The molecule has 0 aromatic carbocycles. The van der Waals surface area contributed by atoms with Gasteiger partial charge >= 0.3 is 0 Å². The molecule has 2 fully saturated rings. The first-order valence-corrected chi connectivity index (χ1v) is 8.37. The van der Waals surface area contributed by atoms with E-state index >= 15 is 0 Å². The number of guanidine groups is 1. The SMILES string of the molecule is CCOC1CC(N=C(N)N(CC)CC)C12CCCCC2. The summed E-state index contributed by atoms with van der Waals surface area (Å²) < 4.78 is 5.97. The van der Waals surface area contributed by atoms with E-state index in [4.69, 9.17) is 15.5 Å². The second kappa shape index (κ2) is 6.79. The Morgan fingerprint density at radius 2 is 1.85 bits per heavy atom. The van der Waals surface area contributed by atoms with Crippen LogP contribution in [0.3, 0.4) is 0 Å². The Bertz CT molecular complexity index is 333. The van der Waals surface area contributed by atoms with Gasteiger partial charge in [-0.25, -0.2) is 4.99 Å². The fraction of sp³-hybridized carbons (Fsp3) is 0.938. The third-order valence-corrected chi connectivity index (χ3v) is 5.27. The van der Waals surface area contributed by atoms with Crippen LogP contribution < -0.4 is 5.73 Å². The summed E-state index contributed by atoms with van der Waals surface area (Å²) in [6, 6.07) is 0.375. The molecular formula is C16H31N3O. The normalized spacial score (nSPS) is 29.2. The number of aliphatic imine (C=N–C) groups is 1. The quantitative estimate of drug-likeness (QED) is 0.623. The first-order valence-electron chi connectivity index (χ1n) is 8.37. The van der Waals surface area contributed by atoms with Crippen LogP contribution in [-0.2, 0) is 4.74 Å². The summed E-state index contributed by atoms with van der Waals surface area (Å²) in [5, 5.41) is 0. The molecule has 2 unspecified atom stereocenters. The molecule has 116 valence electrons. The first kappa shape index (κ1) is 15.6. The smallest absolute Gasteiger partial charge is 0.191 e. The summed E-state index contributed by atoms with van der Waals surface area (Å²) in [5.41, 5.74) is 6.48. The molecule has 0 heterocycles. The third kappa shape index (κ3) is 2.80. The lowest BCUT2D eigenvalue weighted by Crippen LogP contribution is -2.59. The highest BCUT2D eigenvalue weighted by Crippen LogP contribution is 2.54. The molecule has 0 aromatic rings. The van der Waals surface area contributed by atoms with E-state index in [0.29, 0.717) is 12.1 Å². The maximum absolute atomic E-state index is 6.19. The number of hydrogen-bond donors (Lipinski definition) is 1. The van der Waals surface area contributed by atoms with Gasteiger partial charge in [-0.2, -0.15) is 0 Å². The Labute approximate surface area is 123 Å². The van der Waals surface area contributed by atoms with Gasteiger partial charge in [-0.1, -0.05) is 19.3 Å². The molecule has 2 rings (SSSR count). The second-order valence-electron chi connectivity index (χ2n) is 6.15. The van der Waals surface area contributed by atoms with E-state index in [9.17, 15) is 0 Å². The van der Waals surface area contributed by atoms with E-state index in [-0.39, 0.29) is 5.41 Å². The number of nitrogens with two attached hydrogens (primary N) is 1. The lowest BCUT2D eigenvalue weighted by molar-refractivity contribution is -0.139. The molecule has 20 heavy (non-hydrogen) atoms. The molecule has 2 aliphatic carbocycles. The van der Waals surface area contributed by atoms with Crippen LogP contribution in [0.5, 0.6) is 0 Å². The summed E-state index contributed by atoms with van der Waals surface area (Å²) in [6.45, 7) is 9.03. The van der Waals surface area contributed by atoms with Crippen LogP contribution in [0.25, 0.3) is 0 Å². The van der Waals surface area contributed by atoms with Crippen molar-refractivity contribution in [3.63, 3.8) is 0 Å². The van der Waals surface area contributed by atoms with Crippen molar-refractivity contribution in [2.45, 2.75) is 71.4 Å². The van der Waals surface area contributed by atoms with Gasteiger partial charge < -0.3 is 15.4 Å². The van der Waals surface area contributed by atoms with Crippen LogP contribution in [0.2, 0.25) is 0 Å². The van der Waals surface area contributed by atoms with Gasteiger partial charge in [0.2, 0.25) is 0 Å². The Hall–Kier alpha value is -0.770. The van der Waals surface area contributed by atoms with Crippen LogP contribution in [0.4, 0.5) is 0 Å². The summed E-state index contributed by atoms with van der Waals surface area (Å²) in [4.78, 5) is 7.02. The number of ether oxygens (including phenoxy) is 1. The Morgan fingerprint density at radius 1 is 1.20 bits per heavy atom. The number of nitrogens with zero attached hydrogens (tertiary/aromatic N) is 2. The molecule has 2 aliphatic rings. The molecule has 0 aliphatic heterocycles. The Balaban J connectivity index is 2.09. The fourth-order valence-electron chi connectivity index (χ4n) is 4.00. The second-order valence-corrected chi connectivity index (χ2v) is 6.15. The number of hydrogen-bond acceptors (Lipinski definition) is 2. The van der Waals surface area contributed by atoms with E-state index in [0.717, 1.165) is 32.1 Å². The molecule has 0 saturated heterocycles. The Morgan fingerprint density at radius 3 is 2.40 bits per heavy atom. The largest absolute Gasteiger partial charge is 0.378 e. The number of rotatable bonds is 5. The topological polar surface area (TPSA) is 50.9 Å². The summed E-state index contributed by atoms with van der Waals surface area (Å²) in [7, 11) is 0. The molecule has 4 nitrogen and oxygen atoms in total. The maximum atomic E-state index is 6.19. The van der Waals surface area contributed by atoms with Crippen molar-refractivity contribution < 1.29 is 4.74 Å². The lowest BCUT2D eigenvalue weighted by Gasteiger charge is -2.56. The highest BCUT2D eigenvalue weighted by atomic mass is 16.5. The zero-order chi connectivity index (χ0) is 14.6. The van der Waals surface area contributed by atoms with Crippen LogP contribution in [-0.4, -0.2) is 42.7 Å². The van der Waals surface area contributed by atoms with Crippen molar-refractivity contribution in [3.05, 3.63) is 0 Å². The molecule has 0 bridgehead atoms. The monoisotopic (exact) mass is 281 g/mol. The minimum absolute atomic E-state index is 0.284. The van der Waals surface area contributed by atoms with Gasteiger partial charge in [-0.05, 0) is 40.0 Å². The molecule has 0 radical (unpaired) electrons. The van der Waals surface area contributed by atoms with E-state index < -0.39 is 0 Å². The first-order chi connectivity index (χ1) is 9.67. The fourth-order valence-corrected chi connectivity index (χ4v) is 4.00.